The SMILES string of the molecule is COC(=O)CN(C(=O)[C@@H](N)Cc1ccc(O)cc1)C(C)C. The molecule has 0 aliphatic rings. The largest absolute Gasteiger partial charge is 0.508 e. The number of hydrogen-bond donors (Lipinski definition) is 2. The molecule has 0 aromatic heterocycles. The summed E-state index contributed by atoms with van der Waals surface area (Å²) in [5, 5.41) is 9.23. The highest BCUT2D eigenvalue weighted by atomic mass is 16.5. The second-order valence-electron chi connectivity index (χ2n) is 5.11. The first-order valence-electron chi connectivity index (χ1n) is 6.76. The van der Waals surface area contributed by atoms with Crippen LogP contribution in [0.1, 0.15) is 19.4 Å². The molecule has 1 rings (SSSR count). The van der Waals surface area contributed by atoms with Gasteiger partial charge in [0.1, 0.15) is 12.3 Å². The number of ether oxygens (including phenoxy) is 1. The van der Waals surface area contributed by atoms with Crippen molar-refractivity contribution in [3.8, 4) is 5.75 Å². The van der Waals surface area contributed by atoms with Crippen LogP contribution in [0.2, 0.25) is 0 Å². The quantitative estimate of drug-likeness (QED) is 0.752. The Morgan fingerprint density at radius 3 is 2.33 bits per heavy atom. The highest BCUT2D eigenvalue weighted by molar-refractivity contribution is 5.86. The van der Waals surface area contributed by atoms with Crippen molar-refractivity contribution >= 4 is 11.9 Å². The van der Waals surface area contributed by atoms with Gasteiger partial charge in [-0.2, -0.15) is 0 Å². The zero-order chi connectivity index (χ0) is 16.0. The molecule has 116 valence electrons. The van der Waals surface area contributed by atoms with Crippen LogP contribution in [0.5, 0.6) is 5.75 Å². The van der Waals surface area contributed by atoms with Gasteiger partial charge in [0.15, 0.2) is 0 Å². The molecule has 0 saturated carbocycles. The molecule has 1 amide bonds. The Bertz CT molecular complexity index is 485. The maximum absolute atomic E-state index is 12.4. The Morgan fingerprint density at radius 1 is 1.29 bits per heavy atom. The molecule has 0 radical (unpaired) electrons. The van der Waals surface area contributed by atoms with Crippen LogP contribution >= 0.6 is 0 Å². The monoisotopic (exact) mass is 294 g/mol. The van der Waals surface area contributed by atoms with E-state index in [1.54, 1.807) is 24.3 Å². The van der Waals surface area contributed by atoms with Gasteiger partial charge >= 0.3 is 5.97 Å². The molecular formula is C15H22N2O4. The van der Waals surface area contributed by atoms with Gasteiger partial charge in [0.2, 0.25) is 5.91 Å². The van der Waals surface area contributed by atoms with E-state index in [2.05, 4.69) is 4.74 Å². The van der Waals surface area contributed by atoms with Gasteiger partial charge in [-0.3, -0.25) is 9.59 Å². The molecule has 0 bridgehead atoms. The van der Waals surface area contributed by atoms with Crippen LogP contribution in [-0.2, 0) is 20.7 Å². The van der Waals surface area contributed by atoms with Crippen LogP contribution in [-0.4, -0.2) is 47.6 Å². The van der Waals surface area contributed by atoms with E-state index in [9.17, 15) is 14.7 Å². The topological polar surface area (TPSA) is 92.9 Å². The van der Waals surface area contributed by atoms with Gasteiger partial charge in [-0.05, 0) is 38.0 Å². The van der Waals surface area contributed by atoms with Crippen molar-refractivity contribution in [2.24, 2.45) is 5.73 Å². The van der Waals surface area contributed by atoms with Crippen molar-refractivity contribution < 1.29 is 19.4 Å². The maximum atomic E-state index is 12.4. The van der Waals surface area contributed by atoms with E-state index in [1.165, 1.54) is 12.0 Å². The molecule has 1 aromatic carbocycles. The smallest absolute Gasteiger partial charge is 0.325 e. The van der Waals surface area contributed by atoms with E-state index >= 15 is 0 Å². The Labute approximate surface area is 124 Å². The van der Waals surface area contributed by atoms with Crippen LogP contribution in [0.15, 0.2) is 24.3 Å². The molecule has 0 saturated heterocycles. The van der Waals surface area contributed by atoms with Crippen molar-refractivity contribution in [2.75, 3.05) is 13.7 Å². The molecule has 1 atom stereocenters. The summed E-state index contributed by atoms with van der Waals surface area (Å²) in [5.41, 5.74) is 6.78. The second kappa shape index (κ2) is 7.64. The van der Waals surface area contributed by atoms with Gasteiger partial charge < -0.3 is 20.5 Å². The molecule has 3 N–H and O–H groups in total. The molecule has 0 heterocycles. The van der Waals surface area contributed by atoms with E-state index in [0.717, 1.165) is 5.56 Å². The van der Waals surface area contributed by atoms with Crippen molar-refractivity contribution in [3.05, 3.63) is 29.8 Å². The number of aromatic hydroxyl groups is 1. The molecule has 0 spiro atoms. The van der Waals surface area contributed by atoms with Crippen LogP contribution in [0.4, 0.5) is 0 Å². The van der Waals surface area contributed by atoms with Crippen LogP contribution in [0.3, 0.4) is 0 Å². The zero-order valence-electron chi connectivity index (χ0n) is 12.6. The number of amides is 1. The number of rotatable bonds is 6. The zero-order valence-corrected chi connectivity index (χ0v) is 12.6. The Morgan fingerprint density at radius 2 is 1.86 bits per heavy atom. The molecule has 6 heteroatoms. The second-order valence-corrected chi connectivity index (χ2v) is 5.11. The number of nitrogens with two attached hydrogens (primary N) is 1. The summed E-state index contributed by atoms with van der Waals surface area (Å²) >= 11 is 0. The molecule has 6 nitrogen and oxygen atoms in total. The van der Waals surface area contributed by atoms with Gasteiger partial charge in [-0.1, -0.05) is 12.1 Å². The summed E-state index contributed by atoms with van der Waals surface area (Å²) in [6.45, 7) is 3.51. The Balaban J connectivity index is 2.73. The fourth-order valence-electron chi connectivity index (χ4n) is 1.90. The van der Waals surface area contributed by atoms with Crippen molar-refractivity contribution in [1.29, 1.82) is 0 Å². The first-order chi connectivity index (χ1) is 9.85. The molecular weight excluding hydrogens is 272 g/mol. The van der Waals surface area contributed by atoms with Gasteiger partial charge in [-0.25, -0.2) is 0 Å². The number of carbonyl (C=O) groups is 2. The fraction of sp³-hybridized carbons (Fsp3) is 0.467. The summed E-state index contributed by atoms with van der Waals surface area (Å²) in [7, 11) is 1.28. The number of phenols is 1. The van der Waals surface area contributed by atoms with Gasteiger partial charge in [0.25, 0.3) is 0 Å². The third-order valence-electron chi connectivity index (χ3n) is 3.14. The molecule has 0 unspecified atom stereocenters. The lowest BCUT2D eigenvalue weighted by atomic mass is 10.0. The maximum Gasteiger partial charge on any atom is 0.325 e. The van der Waals surface area contributed by atoms with Crippen molar-refractivity contribution in [1.82, 2.24) is 4.90 Å². The fourth-order valence-corrected chi connectivity index (χ4v) is 1.90. The van der Waals surface area contributed by atoms with Crippen molar-refractivity contribution in [3.63, 3.8) is 0 Å². The van der Waals surface area contributed by atoms with Crippen LogP contribution in [0, 0.1) is 0 Å². The van der Waals surface area contributed by atoms with E-state index < -0.39 is 12.0 Å². The van der Waals surface area contributed by atoms with E-state index in [1.807, 2.05) is 13.8 Å². The number of esters is 1. The number of nitrogens with zero attached hydrogens (tertiary/aromatic N) is 1. The highest BCUT2D eigenvalue weighted by Crippen LogP contribution is 2.12. The number of hydrogen-bond acceptors (Lipinski definition) is 5. The predicted octanol–water partition coefficient (Wildman–Crippen LogP) is 0.672. The van der Waals surface area contributed by atoms with Crippen LogP contribution in [0.25, 0.3) is 0 Å². The van der Waals surface area contributed by atoms with Crippen molar-refractivity contribution in [2.45, 2.75) is 32.4 Å². The lowest BCUT2D eigenvalue weighted by Crippen LogP contribution is -2.49. The Kier molecular flexibility index (Phi) is 6.17. The van der Waals surface area contributed by atoms with Gasteiger partial charge in [0, 0.05) is 6.04 Å². The molecule has 21 heavy (non-hydrogen) atoms. The van der Waals surface area contributed by atoms with Gasteiger partial charge in [0.05, 0.1) is 13.2 Å². The summed E-state index contributed by atoms with van der Waals surface area (Å²) in [5.74, 6) is -0.620. The molecule has 0 aliphatic heterocycles. The van der Waals surface area contributed by atoms with Crippen LogP contribution < -0.4 is 5.73 Å². The summed E-state index contributed by atoms with van der Waals surface area (Å²) < 4.78 is 4.59. The van der Waals surface area contributed by atoms with E-state index in [0.29, 0.717) is 6.42 Å². The molecule has 1 aromatic rings. The average Bonchev–Trinajstić information content (AvgIpc) is 2.45. The lowest BCUT2D eigenvalue weighted by Gasteiger charge is -2.28. The molecule has 0 aliphatic carbocycles. The average molecular weight is 294 g/mol. The first-order valence-corrected chi connectivity index (χ1v) is 6.76. The lowest BCUT2D eigenvalue weighted by molar-refractivity contribution is -0.148. The van der Waals surface area contributed by atoms with Gasteiger partial charge in [-0.15, -0.1) is 0 Å². The highest BCUT2D eigenvalue weighted by Gasteiger charge is 2.25. The number of phenolic OH excluding ortho intramolecular Hbond substituents is 1. The number of carbonyl (C=O) groups excluding carboxylic acids is 2. The molecule has 0 fully saturated rings. The third-order valence-corrected chi connectivity index (χ3v) is 3.14. The first kappa shape index (κ1) is 17.0. The normalized spacial score (nSPS) is 12.0. The number of methoxy groups -OCH3 is 1. The number of benzene rings is 1. The minimum atomic E-state index is -0.749. The minimum absolute atomic E-state index is 0.115. The Hall–Kier alpha value is -2.08. The summed E-state index contributed by atoms with van der Waals surface area (Å²) in [6, 6.07) is 5.61. The van der Waals surface area contributed by atoms with E-state index in [-0.39, 0.29) is 24.2 Å². The standard InChI is InChI=1S/C15H22N2O4/c1-10(2)17(9-14(19)21-3)15(20)13(16)8-11-4-6-12(18)7-5-11/h4-7,10,13,18H,8-9,16H2,1-3H3/t13-/m0/s1. The predicted molar refractivity (Wildman–Crippen MR) is 78.7 cm³/mol. The van der Waals surface area contributed by atoms with E-state index in [4.69, 9.17) is 5.73 Å². The minimum Gasteiger partial charge on any atom is -0.508 e. The summed E-state index contributed by atoms with van der Waals surface area (Å²) in [6.07, 6.45) is 0.337. The summed E-state index contributed by atoms with van der Waals surface area (Å²) in [4.78, 5) is 25.1. The third kappa shape index (κ3) is 5.07.